The summed E-state index contributed by atoms with van der Waals surface area (Å²) in [4.78, 5) is 13.1. The number of methoxy groups -OCH3 is 2. The lowest BCUT2D eigenvalue weighted by molar-refractivity contribution is -0.114. The third kappa shape index (κ3) is 4.82. The second-order valence-electron chi connectivity index (χ2n) is 9.02. The van der Waals surface area contributed by atoms with Crippen molar-refractivity contribution in [1.29, 1.82) is 0 Å². The van der Waals surface area contributed by atoms with Crippen molar-refractivity contribution in [3.63, 3.8) is 0 Å². The van der Waals surface area contributed by atoms with Gasteiger partial charge in [-0.3, -0.25) is 9.10 Å². The molecule has 1 heterocycles. The molecule has 0 aliphatic carbocycles. The van der Waals surface area contributed by atoms with Crippen LogP contribution in [0.25, 0.3) is 21.8 Å². The topological polar surface area (TPSA) is 89.9 Å². The fraction of sp³-hybridized carbons (Fsp3) is 0.167. The van der Waals surface area contributed by atoms with E-state index in [1.54, 1.807) is 6.07 Å². The Bertz CT molecular complexity index is 1830. The van der Waals surface area contributed by atoms with Crippen LogP contribution in [-0.4, -0.2) is 39.7 Å². The third-order valence-electron chi connectivity index (χ3n) is 6.72. The van der Waals surface area contributed by atoms with Crippen LogP contribution in [0.1, 0.15) is 6.92 Å². The van der Waals surface area contributed by atoms with Gasteiger partial charge in [0.25, 0.3) is 10.0 Å². The van der Waals surface area contributed by atoms with E-state index in [0.717, 1.165) is 38.7 Å². The van der Waals surface area contributed by atoms with Crippen molar-refractivity contribution in [2.24, 2.45) is 0 Å². The van der Waals surface area contributed by atoms with Gasteiger partial charge in [0.1, 0.15) is 12.4 Å². The van der Waals surface area contributed by atoms with Crippen molar-refractivity contribution in [1.82, 2.24) is 4.57 Å². The lowest BCUT2D eigenvalue weighted by Crippen LogP contribution is -2.38. The molecule has 0 saturated carbocycles. The fourth-order valence-electron chi connectivity index (χ4n) is 4.86. The van der Waals surface area contributed by atoms with Gasteiger partial charge in [-0.25, -0.2) is 12.8 Å². The van der Waals surface area contributed by atoms with Crippen molar-refractivity contribution in [3.8, 4) is 11.5 Å². The number of carbonyl (C=O) groups is 1. The number of amides is 1. The molecular weight excluding hydrogens is 533 g/mol. The highest BCUT2D eigenvalue weighted by Crippen LogP contribution is 2.34. The van der Waals surface area contributed by atoms with E-state index in [9.17, 15) is 17.6 Å². The monoisotopic (exact) mass is 561 g/mol. The van der Waals surface area contributed by atoms with E-state index in [1.807, 2.05) is 36.4 Å². The summed E-state index contributed by atoms with van der Waals surface area (Å²) in [6.07, 6.45) is 0. The highest BCUT2D eigenvalue weighted by Gasteiger charge is 2.30. The molecule has 8 nitrogen and oxygen atoms in total. The van der Waals surface area contributed by atoms with E-state index in [0.29, 0.717) is 11.4 Å². The van der Waals surface area contributed by atoms with Gasteiger partial charge in [0.2, 0.25) is 5.91 Å². The average Bonchev–Trinajstić information content (AvgIpc) is 3.28. The molecule has 40 heavy (non-hydrogen) atoms. The molecular formula is C30H28FN3O5S. The van der Waals surface area contributed by atoms with Gasteiger partial charge in [-0.05, 0) is 55.5 Å². The number of carbonyl (C=O) groups excluding carboxylic acids is 1. The van der Waals surface area contributed by atoms with Gasteiger partial charge in [-0.1, -0.05) is 30.3 Å². The largest absolute Gasteiger partial charge is 0.493 e. The molecule has 0 fully saturated rings. The van der Waals surface area contributed by atoms with Gasteiger partial charge in [-0.2, -0.15) is 0 Å². The fourth-order valence-corrected chi connectivity index (χ4v) is 6.31. The van der Waals surface area contributed by atoms with Crippen molar-refractivity contribution < 1.29 is 27.1 Å². The van der Waals surface area contributed by atoms with Gasteiger partial charge >= 0.3 is 0 Å². The molecule has 0 atom stereocenters. The van der Waals surface area contributed by atoms with E-state index in [1.165, 1.54) is 50.6 Å². The predicted molar refractivity (Wildman–Crippen MR) is 154 cm³/mol. The maximum atomic E-state index is 14.9. The average molecular weight is 562 g/mol. The van der Waals surface area contributed by atoms with Crippen molar-refractivity contribution in [3.05, 3.63) is 90.7 Å². The minimum absolute atomic E-state index is 0.182. The van der Waals surface area contributed by atoms with E-state index in [4.69, 9.17) is 9.47 Å². The molecule has 206 valence electrons. The summed E-state index contributed by atoms with van der Waals surface area (Å²) < 4.78 is 55.9. The van der Waals surface area contributed by atoms with Crippen LogP contribution in [0.5, 0.6) is 11.5 Å². The number of halogens is 1. The normalized spacial score (nSPS) is 11.5. The van der Waals surface area contributed by atoms with Crippen molar-refractivity contribution >= 4 is 49.1 Å². The number of anilines is 2. The molecule has 0 radical (unpaired) electrons. The standard InChI is InChI=1S/C30H28FN3O5S/c1-4-33-25-11-7-5-9-22(25)23-17-20(13-15-26(23)33)32-30(35)19-34(27-12-8-6-10-24(27)31)40(36,37)21-14-16-28(38-2)29(18-21)39-3/h5-18H,4,19H2,1-3H3,(H,32,35). The van der Waals surface area contributed by atoms with Crippen LogP contribution in [0.2, 0.25) is 0 Å². The summed E-state index contributed by atoms with van der Waals surface area (Å²) in [6.45, 7) is 2.19. The summed E-state index contributed by atoms with van der Waals surface area (Å²) in [6, 6.07) is 23.0. The Morgan fingerprint density at radius 2 is 1.57 bits per heavy atom. The first-order valence-electron chi connectivity index (χ1n) is 12.6. The van der Waals surface area contributed by atoms with Gasteiger partial charge in [-0.15, -0.1) is 0 Å². The Kier molecular flexibility index (Phi) is 7.36. The number of aromatic nitrogens is 1. The predicted octanol–water partition coefficient (Wildman–Crippen LogP) is 5.80. The first kappa shape index (κ1) is 27.0. The smallest absolute Gasteiger partial charge is 0.265 e. The molecule has 0 spiro atoms. The number of rotatable bonds is 9. The molecule has 10 heteroatoms. The quantitative estimate of drug-likeness (QED) is 0.246. The Hall–Kier alpha value is -4.57. The number of hydrogen-bond acceptors (Lipinski definition) is 5. The summed E-state index contributed by atoms with van der Waals surface area (Å²) in [7, 11) is -1.58. The highest BCUT2D eigenvalue weighted by atomic mass is 32.2. The van der Waals surface area contributed by atoms with E-state index in [-0.39, 0.29) is 16.3 Å². The van der Waals surface area contributed by atoms with Crippen LogP contribution in [-0.2, 0) is 21.4 Å². The van der Waals surface area contributed by atoms with Gasteiger partial charge in [0.15, 0.2) is 11.5 Å². The number of benzene rings is 4. The zero-order valence-electron chi connectivity index (χ0n) is 22.2. The Balaban J connectivity index is 1.50. The number of fused-ring (bicyclic) bond motifs is 3. The van der Waals surface area contributed by atoms with Crippen LogP contribution in [0, 0.1) is 5.82 Å². The molecule has 0 bridgehead atoms. The molecule has 0 aliphatic heterocycles. The zero-order valence-corrected chi connectivity index (χ0v) is 23.0. The number of hydrogen-bond donors (Lipinski definition) is 1. The second-order valence-corrected chi connectivity index (χ2v) is 10.9. The Labute approximate surface area is 231 Å². The van der Waals surface area contributed by atoms with Crippen LogP contribution in [0.3, 0.4) is 0 Å². The number of aryl methyl sites for hydroxylation is 1. The first-order valence-corrected chi connectivity index (χ1v) is 14.0. The molecule has 5 aromatic rings. The van der Waals surface area contributed by atoms with Crippen LogP contribution < -0.4 is 19.1 Å². The maximum absolute atomic E-state index is 14.9. The molecule has 1 aromatic heterocycles. The Morgan fingerprint density at radius 3 is 2.30 bits per heavy atom. The highest BCUT2D eigenvalue weighted by molar-refractivity contribution is 7.92. The molecule has 1 amide bonds. The maximum Gasteiger partial charge on any atom is 0.265 e. The summed E-state index contributed by atoms with van der Waals surface area (Å²) in [5.41, 5.74) is 2.34. The molecule has 0 unspecified atom stereocenters. The van der Waals surface area contributed by atoms with Crippen LogP contribution in [0.15, 0.2) is 89.8 Å². The summed E-state index contributed by atoms with van der Waals surface area (Å²) >= 11 is 0. The van der Waals surface area contributed by atoms with Gasteiger partial charge in [0, 0.05) is 40.1 Å². The SMILES string of the molecule is CCn1c2ccccc2c2cc(NC(=O)CN(c3ccccc3F)S(=O)(=O)c3ccc(OC)c(OC)c3)ccc21. The minimum Gasteiger partial charge on any atom is -0.493 e. The molecule has 4 aromatic carbocycles. The first-order chi connectivity index (χ1) is 19.3. The Morgan fingerprint density at radius 1 is 0.875 bits per heavy atom. The van der Waals surface area contributed by atoms with Crippen LogP contribution in [0.4, 0.5) is 15.8 Å². The summed E-state index contributed by atoms with van der Waals surface area (Å²) in [5, 5.41) is 4.79. The summed E-state index contributed by atoms with van der Waals surface area (Å²) in [5.74, 6) is -0.906. The number of nitrogens with zero attached hydrogens (tertiary/aromatic N) is 2. The van der Waals surface area contributed by atoms with E-state index < -0.39 is 28.3 Å². The van der Waals surface area contributed by atoms with E-state index >= 15 is 0 Å². The lowest BCUT2D eigenvalue weighted by atomic mass is 10.1. The van der Waals surface area contributed by atoms with Gasteiger partial charge in [0.05, 0.1) is 24.8 Å². The van der Waals surface area contributed by atoms with E-state index in [2.05, 4.69) is 16.8 Å². The number of nitrogens with one attached hydrogen (secondary N) is 1. The lowest BCUT2D eigenvalue weighted by Gasteiger charge is -2.25. The third-order valence-corrected chi connectivity index (χ3v) is 8.48. The van der Waals surface area contributed by atoms with Crippen molar-refractivity contribution in [2.75, 3.05) is 30.4 Å². The molecule has 0 saturated heterocycles. The van der Waals surface area contributed by atoms with Crippen molar-refractivity contribution in [2.45, 2.75) is 18.4 Å². The number of para-hydroxylation sites is 2. The van der Waals surface area contributed by atoms with Gasteiger partial charge < -0.3 is 19.4 Å². The molecule has 1 N–H and O–H groups in total. The number of sulfonamides is 1. The minimum atomic E-state index is -4.39. The molecule has 5 rings (SSSR count). The zero-order chi connectivity index (χ0) is 28.4. The van der Waals surface area contributed by atoms with Crippen LogP contribution >= 0.6 is 0 Å². The molecule has 0 aliphatic rings. The second kappa shape index (κ2) is 10.9. The number of ether oxygens (including phenoxy) is 2.